The first-order valence-corrected chi connectivity index (χ1v) is 12.4. The molecule has 36 heavy (non-hydrogen) atoms. The minimum absolute atomic E-state index is 0.0930. The van der Waals surface area contributed by atoms with E-state index in [9.17, 15) is 9.59 Å². The third-order valence-corrected chi connectivity index (χ3v) is 6.35. The highest BCUT2D eigenvalue weighted by Crippen LogP contribution is 2.29. The smallest absolute Gasteiger partial charge is 0.258 e. The second-order valence-corrected chi connectivity index (χ2v) is 9.45. The monoisotopic (exact) mass is 496 g/mol. The molecule has 5 rings (SSSR count). The summed E-state index contributed by atoms with van der Waals surface area (Å²) in [7, 11) is 0. The fraction of sp³-hybridized carbons (Fsp3) is 0.148. The molecular weight excluding hydrogens is 472 g/mol. The molecular formula is C27H24N6O2S. The fourth-order valence-corrected chi connectivity index (χ4v) is 4.61. The molecule has 0 fully saturated rings. The van der Waals surface area contributed by atoms with Gasteiger partial charge in [0.05, 0.1) is 28.5 Å². The Kier molecular flexibility index (Phi) is 6.30. The zero-order valence-electron chi connectivity index (χ0n) is 20.0. The van der Waals surface area contributed by atoms with Gasteiger partial charge in [-0.15, -0.1) is 11.3 Å². The van der Waals surface area contributed by atoms with Crippen molar-refractivity contribution in [3.8, 4) is 22.5 Å². The predicted octanol–water partition coefficient (Wildman–Crippen LogP) is 6.01. The van der Waals surface area contributed by atoms with Crippen molar-refractivity contribution >= 4 is 45.0 Å². The van der Waals surface area contributed by atoms with Crippen molar-refractivity contribution in [1.82, 2.24) is 19.7 Å². The van der Waals surface area contributed by atoms with Gasteiger partial charge in [-0.1, -0.05) is 42.5 Å². The molecule has 0 saturated heterocycles. The SMILES string of the molecule is CC(=O)Nc1ccc(-c2csc(NC(=O)c3cc(-c4ccccc4)nc4c3cnn4C(C)C)n2)cc1. The second-order valence-electron chi connectivity index (χ2n) is 8.59. The van der Waals surface area contributed by atoms with Gasteiger partial charge < -0.3 is 5.32 Å². The molecule has 5 aromatic rings. The number of carbonyl (C=O) groups is 2. The van der Waals surface area contributed by atoms with E-state index in [1.165, 1.54) is 18.3 Å². The number of pyridine rings is 1. The maximum atomic E-state index is 13.4. The maximum absolute atomic E-state index is 13.4. The van der Waals surface area contributed by atoms with Crippen molar-refractivity contribution in [3.63, 3.8) is 0 Å². The molecule has 180 valence electrons. The molecule has 0 aliphatic heterocycles. The Morgan fingerprint density at radius 2 is 1.64 bits per heavy atom. The molecule has 3 heterocycles. The summed E-state index contributed by atoms with van der Waals surface area (Å²) >= 11 is 1.35. The molecule has 3 aromatic heterocycles. The first-order valence-electron chi connectivity index (χ1n) is 11.5. The standard InChI is InChI=1S/C27H24N6O2S/c1-16(2)33-25-22(14-28-33)21(13-23(30-25)18-7-5-4-6-8-18)26(35)32-27-31-24(15-36-27)19-9-11-20(12-10-19)29-17(3)34/h4-16H,1-3H3,(H,29,34)(H,31,32,35). The highest BCUT2D eigenvalue weighted by atomic mass is 32.1. The average Bonchev–Trinajstić information content (AvgIpc) is 3.51. The zero-order chi connectivity index (χ0) is 25.2. The molecule has 0 bridgehead atoms. The Hall–Kier alpha value is -4.37. The number of carbonyl (C=O) groups excluding carboxylic acids is 2. The van der Waals surface area contributed by atoms with E-state index < -0.39 is 0 Å². The van der Waals surface area contributed by atoms with E-state index in [-0.39, 0.29) is 17.9 Å². The highest BCUT2D eigenvalue weighted by molar-refractivity contribution is 7.14. The Labute approximate surface area is 212 Å². The second kappa shape index (κ2) is 9.71. The minimum Gasteiger partial charge on any atom is -0.326 e. The number of rotatable bonds is 6. The van der Waals surface area contributed by atoms with Gasteiger partial charge in [-0.3, -0.25) is 14.9 Å². The first-order chi connectivity index (χ1) is 17.4. The summed E-state index contributed by atoms with van der Waals surface area (Å²) in [6.45, 7) is 5.53. The van der Waals surface area contributed by atoms with Crippen molar-refractivity contribution in [2.24, 2.45) is 0 Å². The minimum atomic E-state index is -0.273. The zero-order valence-corrected chi connectivity index (χ0v) is 20.8. The summed E-state index contributed by atoms with van der Waals surface area (Å²) in [4.78, 5) is 34.1. The van der Waals surface area contributed by atoms with E-state index in [4.69, 9.17) is 4.98 Å². The van der Waals surface area contributed by atoms with E-state index in [1.54, 1.807) is 12.3 Å². The highest BCUT2D eigenvalue weighted by Gasteiger charge is 2.19. The maximum Gasteiger partial charge on any atom is 0.258 e. The summed E-state index contributed by atoms with van der Waals surface area (Å²) < 4.78 is 1.82. The molecule has 0 aliphatic carbocycles. The van der Waals surface area contributed by atoms with Crippen molar-refractivity contribution < 1.29 is 9.59 Å². The average molecular weight is 497 g/mol. The number of hydrogen-bond acceptors (Lipinski definition) is 6. The number of nitrogens with zero attached hydrogens (tertiary/aromatic N) is 4. The topological polar surface area (TPSA) is 102 Å². The molecule has 0 atom stereocenters. The molecule has 0 saturated carbocycles. The Bertz CT molecular complexity index is 1550. The van der Waals surface area contributed by atoms with Gasteiger partial charge in [0.1, 0.15) is 0 Å². The van der Waals surface area contributed by atoms with Crippen molar-refractivity contribution in [2.45, 2.75) is 26.8 Å². The lowest BCUT2D eigenvalue weighted by Gasteiger charge is -2.10. The van der Waals surface area contributed by atoms with Crippen LogP contribution in [-0.4, -0.2) is 31.6 Å². The van der Waals surface area contributed by atoms with Gasteiger partial charge in [0.15, 0.2) is 10.8 Å². The van der Waals surface area contributed by atoms with Crippen LogP contribution in [0.2, 0.25) is 0 Å². The Morgan fingerprint density at radius 3 is 2.33 bits per heavy atom. The lowest BCUT2D eigenvalue weighted by molar-refractivity contribution is -0.114. The largest absolute Gasteiger partial charge is 0.326 e. The van der Waals surface area contributed by atoms with Gasteiger partial charge in [-0.25, -0.2) is 14.6 Å². The van der Waals surface area contributed by atoms with Crippen LogP contribution in [-0.2, 0) is 4.79 Å². The number of fused-ring (bicyclic) bond motifs is 1. The van der Waals surface area contributed by atoms with Gasteiger partial charge >= 0.3 is 0 Å². The summed E-state index contributed by atoms with van der Waals surface area (Å²) in [5.74, 6) is -0.397. The summed E-state index contributed by atoms with van der Waals surface area (Å²) in [5.41, 5.74) is 5.11. The van der Waals surface area contributed by atoms with Crippen LogP contribution in [0, 0.1) is 0 Å². The summed E-state index contributed by atoms with van der Waals surface area (Å²) in [5, 5.41) is 13.2. The molecule has 2 N–H and O–H groups in total. The van der Waals surface area contributed by atoms with Crippen LogP contribution in [0.4, 0.5) is 10.8 Å². The molecule has 0 radical (unpaired) electrons. The summed E-state index contributed by atoms with van der Waals surface area (Å²) in [6, 6.07) is 19.1. The molecule has 9 heteroatoms. The van der Waals surface area contributed by atoms with Crippen LogP contribution >= 0.6 is 11.3 Å². The van der Waals surface area contributed by atoms with E-state index in [2.05, 4.69) is 20.7 Å². The fourth-order valence-electron chi connectivity index (χ4n) is 3.90. The lowest BCUT2D eigenvalue weighted by Crippen LogP contribution is -2.13. The van der Waals surface area contributed by atoms with Crippen LogP contribution in [0.5, 0.6) is 0 Å². The van der Waals surface area contributed by atoms with Gasteiger partial charge in [0, 0.05) is 35.2 Å². The van der Waals surface area contributed by atoms with Crippen molar-refractivity contribution in [1.29, 1.82) is 0 Å². The predicted molar refractivity (Wildman–Crippen MR) is 143 cm³/mol. The first kappa shape index (κ1) is 23.4. The van der Waals surface area contributed by atoms with Gasteiger partial charge in [-0.05, 0) is 32.0 Å². The quantitative estimate of drug-likeness (QED) is 0.300. The van der Waals surface area contributed by atoms with Crippen LogP contribution in [0.25, 0.3) is 33.5 Å². The van der Waals surface area contributed by atoms with E-state index in [0.29, 0.717) is 33.1 Å². The molecule has 0 spiro atoms. The molecule has 2 amide bonds. The number of nitrogens with one attached hydrogen (secondary N) is 2. The van der Waals surface area contributed by atoms with Crippen LogP contribution in [0.3, 0.4) is 0 Å². The molecule has 0 aliphatic rings. The normalized spacial score (nSPS) is 11.1. The van der Waals surface area contributed by atoms with E-state index >= 15 is 0 Å². The van der Waals surface area contributed by atoms with Crippen LogP contribution in [0.1, 0.15) is 37.2 Å². The summed E-state index contributed by atoms with van der Waals surface area (Å²) in [6.07, 6.45) is 1.69. The van der Waals surface area contributed by atoms with Gasteiger partial charge in [-0.2, -0.15) is 5.10 Å². The Balaban J connectivity index is 1.45. The number of benzene rings is 2. The number of anilines is 2. The van der Waals surface area contributed by atoms with Gasteiger partial charge in [0.25, 0.3) is 5.91 Å². The van der Waals surface area contributed by atoms with Crippen LogP contribution in [0.15, 0.2) is 72.2 Å². The lowest BCUT2D eigenvalue weighted by atomic mass is 10.1. The number of amides is 2. The van der Waals surface area contributed by atoms with Crippen molar-refractivity contribution in [3.05, 3.63) is 77.8 Å². The molecule has 0 unspecified atom stereocenters. The Morgan fingerprint density at radius 1 is 0.917 bits per heavy atom. The number of aromatic nitrogens is 4. The molecule has 2 aromatic carbocycles. The number of hydrogen-bond donors (Lipinski definition) is 2. The number of thiazole rings is 1. The molecule has 8 nitrogen and oxygen atoms in total. The third kappa shape index (κ3) is 4.73. The van der Waals surface area contributed by atoms with Crippen molar-refractivity contribution in [2.75, 3.05) is 10.6 Å². The van der Waals surface area contributed by atoms with E-state index in [0.717, 1.165) is 16.8 Å². The third-order valence-electron chi connectivity index (χ3n) is 5.60. The van der Waals surface area contributed by atoms with Gasteiger partial charge in [0.2, 0.25) is 5.91 Å². The van der Waals surface area contributed by atoms with E-state index in [1.807, 2.05) is 78.5 Å². The van der Waals surface area contributed by atoms with Crippen LogP contribution < -0.4 is 10.6 Å².